The summed E-state index contributed by atoms with van der Waals surface area (Å²) in [5.41, 5.74) is 0. The number of nitrogens with one attached hydrogen (secondary N) is 1. The molecule has 0 aromatic heterocycles. The van der Waals surface area contributed by atoms with Gasteiger partial charge in [-0.1, -0.05) is 25.5 Å². The van der Waals surface area contributed by atoms with E-state index in [9.17, 15) is 0 Å². The monoisotopic (exact) mass is 327 g/mol. The summed E-state index contributed by atoms with van der Waals surface area (Å²) in [5, 5.41) is 3.97. The molecule has 2 heterocycles. The highest BCUT2D eigenvalue weighted by Gasteiger charge is 2.34. The first kappa shape index (κ1) is 17.9. The molecule has 2 rings (SSSR count). The number of nitrogens with zero attached hydrogens (tertiary/aromatic N) is 2. The Morgan fingerprint density at radius 2 is 2.05 bits per heavy atom. The minimum absolute atomic E-state index is 0.303. The summed E-state index contributed by atoms with van der Waals surface area (Å²) in [6, 6.07) is 0. The molecule has 0 bridgehead atoms. The lowest BCUT2D eigenvalue weighted by Crippen LogP contribution is -2.44. The van der Waals surface area contributed by atoms with Crippen molar-refractivity contribution < 1.29 is 0 Å². The molecule has 1 N–H and O–H groups in total. The molecule has 6 heteroatoms. The third-order valence-corrected chi connectivity index (χ3v) is 9.26. The van der Waals surface area contributed by atoms with Crippen molar-refractivity contribution in [1.82, 2.24) is 14.7 Å². The Kier molecular flexibility index (Phi) is 6.36. The van der Waals surface area contributed by atoms with Gasteiger partial charge < -0.3 is 5.32 Å². The Balaban J connectivity index is 2.10. The Hall–Kier alpha value is 0.595. The predicted octanol–water partition coefficient (Wildman–Crippen LogP) is 2.03. The normalized spacial score (nSPS) is 38.3. The van der Waals surface area contributed by atoms with Crippen molar-refractivity contribution in [3.8, 4) is 0 Å². The average molecular weight is 327 g/mol. The molecule has 21 heavy (non-hydrogen) atoms. The number of hydrogen-bond donors (Lipinski definition) is 2. The van der Waals surface area contributed by atoms with Crippen LogP contribution in [0.4, 0.5) is 0 Å². The van der Waals surface area contributed by atoms with Crippen LogP contribution in [0.5, 0.6) is 0 Å². The van der Waals surface area contributed by atoms with Crippen LogP contribution in [0.25, 0.3) is 0 Å². The SMILES string of the molecule is [B]C1CNCC(CP(=C)(N(C)C)N2CC(C)CC(S)C2)C1. The first-order valence-corrected chi connectivity index (χ1v) is 10.7. The van der Waals surface area contributed by atoms with Gasteiger partial charge in [-0.05, 0) is 51.6 Å². The molecule has 2 aliphatic rings. The van der Waals surface area contributed by atoms with Crippen LogP contribution < -0.4 is 5.32 Å². The minimum atomic E-state index is -1.51. The van der Waals surface area contributed by atoms with Gasteiger partial charge in [0.2, 0.25) is 0 Å². The van der Waals surface area contributed by atoms with Gasteiger partial charge in [0.1, 0.15) is 0 Å². The molecule has 0 saturated carbocycles. The van der Waals surface area contributed by atoms with Gasteiger partial charge in [0.25, 0.3) is 0 Å². The molecule has 0 amide bonds. The third kappa shape index (κ3) is 4.54. The average Bonchev–Trinajstić information content (AvgIpc) is 2.37. The Morgan fingerprint density at radius 1 is 1.33 bits per heavy atom. The molecule has 2 radical (unpaired) electrons. The minimum Gasteiger partial charge on any atom is -0.317 e. The van der Waals surface area contributed by atoms with E-state index >= 15 is 0 Å². The zero-order valence-electron chi connectivity index (χ0n) is 13.8. The van der Waals surface area contributed by atoms with Gasteiger partial charge >= 0.3 is 0 Å². The number of piperidine rings is 2. The molecule has 0 aromatic carbocycles. The van der Waals surface area contributed by atoms with E-state index in [1.165, 1.54) is 19.1 Å². The highest BCUT2D eigenvalue weighted by molar-refractivity contribution is 7.81. The molecular formula is C15H31BN3PS. The van der Waals surface area contributed by atoms with Crippen LogP contribution in [-0.4, -0.2) is 75.2 Å². The van der Waals surface area contributed by atoms with Crippen LogP contribution >= 0.6 is 19.8 Å². The zero-order valence-corrected chi connectivity index (χ0v) is 15.6. The summed E-state index contributed by atoms with van der Waals surface area (Å²) >= 11 is 4.76. The highest BCUT2D eigenvalue weighted by atomic mass is 32.1. The zero-order chi connectivity index (χ0) is 15.6. The number of thiol groups is 1. The Morgan fingerprint density at radius 3 is 2.62 bits per heavy atom. The largest absolute Gasteiger partial charge is 0.317 e. The first-order valence-electron chi connectivity index (χ1n) is 8.11. The second kappa shape index (κ2) is 7.44. The molecule has 2 fully saturated rings. The third-order valence-electron chi connectivity index (χ3n) is 4.92. The van der Waals surface area contributed by atoms with Crippen molar-refractivity contribution in [2.45, 2.75) is 30.8 Å². The maximum atomic E-state index is 6.13. The van der Waals surface area contributed by atoms with Crippen molar-refractivity contribution in [3.05, 3.63) is 0 Å². The number of hydrogen-bond acceptors (Lipinski definition) is 4. The Labute approximate surface area is 138 Å². The summed E-state index contributed by atoms with van der Waals surface area (Å²) < 4.78 is 5.05. The van der Waals surface area contributed by atoms with E-state index in [4.69, 9.17) is 26.8 Å². The molecule has 3 nitrogen and oxygen atoms in total. The second-order valence-corrected chi connectivity index (χ2v) is 11.5. The fourth-order valence-electron chi connectivity index (χ4n) is 3.75. The van der Waals surface area contributed by atoms with Gasteiger partial charge in [-0.25, -0.2) is 0 Å². The lowest BCUT2D eigenvalue weighted by molar-refractivity contribution is 0.287. The van der Waals surface area contributed by atoms with Crippen molar-refractivity contribution in [2.75, 3.05) is 46.4 Å². The van der Waals surface area contributed by atoms with Gasteiger partial charge in [0.05, 0.1) is 7.85 Å². The van der Waals surface area contributed by atoms with Crippen LogP contribution in [0.1, 0.15) is 19.8 Å². The molecule has 5 unspecified atom stereocenters. The lowest BCUT2D eigenvalue weighted by Gasteiger charge is -2.48. The summed E-state index contributed by atoms with van der Waals surface area (Å²) in [6.07, 6.45) is 8.27. The fraction of sp³-hybridized carbons (Fsp3) is 0.933. The van der Waals surface area contributed by atoms with Gasteiger partial charge in [0.15, 0.2) is 0 Å². The van der Waals surface area contributed by atoms with Crippen LogP contribution in [0.15, 0.2) is 0 Å². The molecular weight excluding hydrogens is 296 g/mol. The van der Waals surface area contributed by atoms with E-state index in [1.54, 1.807) is 0 Å². The Bertz CT molecular complexity index is 383. The maximum Gasteiger partial charge on any atom is 0.0716 e. The van der Waals surface area contributed by atoms with Crippen LogP contribution in [-0.2, 0) is 0 Å². The fourth-order valence-corrected chi connectivity index (χ4v) is 7.69. The van der Waals surface area contributed by atoms with E-state index in [0.29, 0.717) is 22.9 Å². The highest BCUT2D eigenvalue weighted by Crippen LogP contribution is 2.54. The standard InChI is InChI=1S/C15H31BN3PS/c1-12-5-15(21)10-19(9-12)20(4,18(2)3)11-13-6-14(16)8-17-7-13/h12-15,17,21H,4-11H2,1-3H3. The second-order valence-electron chi connectivity index (χ2n) is 7.29. The van der Waals surface area contributed by atoms with Crippen molar-refractivity contribution in [1.29, 1.82) is 0 Å². The van der Waals surface area contributed by atoms with Crippen molar-refractivity contribution in [2.24, 2.45) is 11.8 Å². The molecule has 0 aliphatic carbocycles. The van der Waals surface area contributed by atoms with Crippen molar-refractivity contribution in [3.63, 3.8) is 0 Å². The molecule has 5 atom stereocenters. The van der Waals surface area contributed by atoms with E-state index < -0.39 is 7.19 Å². The lowest BCUT2D eigenvalue weighted by atomic mass is 9.78. The summed E-state index contributed by atoms with van der Waals surface area (Å²) in [6.45, 7) is 6.63. The van der Waals surface area contributed by atoms with E-state index in [-0.39, 0.29) is 0 Å². The van der Waals surface area contributed by atoms with E-state index in [2.05, 4.69) is 35.7 Å². The van der Waals surface area contributed by atoms with Gasteiger partial charge in [-0.15, -0.1) is 0 Å². The summed E-state index contributed by atoms with van der Waals surface area (Å²) in [7, 11) is 9.01. The van der Waals surface area contributed by atoms with E-state index in [1.807, 2.05) is 0 Å². The molecule has 0 aromatic rings. The van der Waals surface area contributed by atoms with Gasteiger partial charge in [-0.3, -0.25) is 9.34 Å². The maximum absolute atomic E-state index is 6.13. The smallest absolute Gasteiger partial charge is 0.0716 e. The van der Waals surface area contributed by atoms with Crippen LogP contribution in [0.3, 0.4) is 0 Å². The van der Waals surface area contributed by atoms with Gasteiger partial charge in [-0.2, -0.15) is 12.6 Å². The van der Waals surface area contributed by atoms with Crippen LogP contribution in [0.2, 0.25) is 5.82 Å². The molecule has 2 aliphatic heterocycles. The first-order chi connectivity index (χ1) is 9.81. The number of rotatable bonds is 4. The summed E-state index contributed by atoms with van der Waals surface area (Å²) in [5.74, 6) is 1.67. The summed E-state index contributed by atoms with van der Waals surface area (Å²) in [4.78, 5) is 0. The predicted molar refractivity (Wildman–Crippen MR) is 101 cm³/mol. The van der Waals surface area contributed by atoms with Crippen LogP contribution in [0, 0.1) is 11.8 Å². The topological polar surface area (TPSA) is 18.5 Å². The quantitative estimate of drug-likeness (QED) is 0.468. The molecule has 120 valence electrons. The molecule has 0 spiro atoms. The van der Waals surface area contributed by atoms with Gasteiger partial charge in [0, 0.05) is 25.5 Å². The van der Waals surface area contributed by atoms with E-state index in [0.717, 1.165) is 26.1 Å². The molecule has 2 saturated heterocycles. The van der Waals surface area contributed by atoms with Crippen molar-refractivity contribution >= 4 is 34.0 Å².